The van der Waals surface area contributed by atoms with Crippen LogP contribution < -0.4 is 0 Å². The Balaban J connectivity index is 2.61. The minimum absolute atomic E-state index is 1.21. The Morgan fingerprint density at radius 2 is 1.50 bits per heavy atom. The number of rotatable bonds is 0. The maximum atomic E-state index is 3.29. The fourth-order valence-electron chi connectivity index (χ4n) is 1.87. The molecule has 0 aromatic heterocycles. The monoisotopic (exact) mass is 177 g/mol. The lowest BCUT2D eigenvalue weighted by Gasteiger charge is -2.01. The van der Waals surface area contributed by atoms with Crippen LogP contribution >= 0.6 is 0 Å². The van der Waals surface area contributed by atoms with Crippen LogP contribution in [0, 0.1) is 6.07 Å². The molecule has 0 bridgehead atoms. The lowest BCUT2D eigenvalue weighted by molar-refractivity contribution is 1.76. The van der Waals surface area contributed by atoms with Gasteiger partial charge in [-0.3, -0.25) is 0 Å². The van der Waals surface area contributed by atoms with Crippen LogP contribution in [0.1, 0.15) is 0 Å². The quantitative estimate of drug-likeness (QED) is 0.458. The van der Waals surface area contributed by atoms with Crippen LogP contribution in [0.5, 0.6) is 0 Å². The zero-order valence-corrected chi connectivity index (χ0v) is 7.70. The van der Waals surface area contributed by atoms with Crippen molar-refractivity contribution in [3.05, 3.63) is 60.7 Å². The third-order valence-electron chi connectivity index (χ3n) is 2.56. The van der Waals surface area contributed by atoms with Crippen molar-refractivity contribution in [2.75, 3.05) is 0 Å². The highest BCUT2D eigenvalue weighted by Gasteiger charge is 1.97. The molecule has 0 unspecified atom stereocenters. The van der Waals surface area contributed by atoms with Gasteiger partial charge in [0.25, 0.3) is 0 Å². The van der Waals surface area contributed by atoms with Crippen molar-refractivity contribution in [2.24, 2.45) is 0 Å². The molecule has 3 aromatic carbocycles. The minimum Gasteiger partial charge on any atom is -0.0616 e. The zero-order chi connectivity index (χ0) is 9.38. The average molecular weight is 177 g/mol. The van der Waals surface area contributed by atoms with Crippen molar-refractivity contribution in [3.63, 3.8) is 0 Å². The van der Waals surface area contributed by atoms with Crippen molar-refractivity contribution >= 4 is 21.5 Å². The Bertz CT molecular complexity index is 539. The molecule has 0 saturated heterocycles. The van der Waals surface area contributed by atoms with Crippen molar-refractivity contribution in [1.82, 2.24) is 0 Å². The summed E-state index contributed by atoms with van der Waals surface area (Å²) in [7, 11) is 0. The van der Waals surface area contributed by atoms with E-state index in [-0.39, 0.29) is 0 Å². The number of hydrogen-bond acceptors (Lipinski definition) is 0. The molecule has 14 heavy (non-hydrogen) atoms. The summed E-state index contributed by atoms with van der Waals surface area (Å²) in [6, 6.07) is 22.1. The van der Waals surface area contributed by atoms with Gasteiger partial charge < -0.3 is 0 Å². The number of fused-ring (bicyclic) bond motifs is 3. The van der Waals surface area contributed by atoms with Gasteiger partial charge in [0.05, 0.1) is 0 Å². The van der Waals surface area contributed by atoms with Gasteiger partial charge in [-0.15, -0.1) is 0 Å². The summed E-state index contributed by atoms with van der Waals surface area (Å²) in [5.41, 5.74) is 0. The van der Waals surface area contributed by atoms with Gasteiger partial charge in [-0.25, -0.2) is 0 Å². The SMILES string of the molecule is [c]1cccc2ccc3ccccc3c12. The molecular formula is C14H9. The molecule has 0 atom stereocenters. The van der Waals surface area contributed by atoms with E-state index in [4.69, 9.17) is 0 Å². The van der Waals surface area contributed by atoms with Crippen LogP contribution in [0.4, 0.5) is 0 Å². The Morgan fingerprint density at radius 1 is 0.714 bits per heavy atom. The third-order valence-corrected chi connectivity index (χ3v) is 2.56. The first-order valence-electron chi connectivity index (χ1n) is 4.73. The van der Waals surface area contributed by atoms with E-state index in [1.54, 1.807) is 0 Å². The number of benzene rings is 3. The van der Waals surface area contributed by atoms with Gasteiger partial charge in [-0.1, -0.05) is 54.6 Å². The summed E-state index contributed by atoms with van der Waals surface area (Å²) in [5.74, 6) is 0. The predicted molar refractivity (Wildman–Crippen MR) is 60.3 cm³/mol. The fourth-order valence-corrected chi connectivity index (χ4v) is 1.87. The molecule has 0 aliphatic carbocycles. The van der Waals surface area contributed by atoms with Gasteiger partial charge >= 0.3 is 0 Å². The molecule has 1 radical (unpaired) electrons. The first-order valence-corrected chi connectivity index (χ1v) is 4.73. The van der Waals surface area contributed by atoms with E-state index in [1.807, 2.05) is 12.1 Å². The second-order valence-corrected chi connectivity index (χ2v) is 3.42. The minimum atomic E-state index is 1.21. The molecule has 0 heteroatoms. The van der Waals surface area contributed by atoms with Crippen LogP contribution in [0.3, 0.4) is 0 Å². The van der Waals surface area contributed by atoms with Crippen molar-refractivity contribution in [1.29, 1.82) is 0 Å². The van der Waals surface area contributed by atoms with E-state index in [0.29, 0.717) is 0 Å². The van der Waals surface area contributed by atoms with Gasteiger partial charge in [-0.05, 0) is 27.6 Å². The summed E-state index contributed by atoms with van der Waals surface area (Å²) in [6.45, 7) is 0. The first kappa shape index (κ1) is 7.57. The van der Waals surface area contributed by atoms with E-state index in [9.17, 15) is 0 Å². The van der Waals surface area contributed by atoms with E-state index in [0.717, 1.165) is 0 Å². The van der Waals surface area contributed by atoms with Crippen molar-refractivity contribution in [2.45, 2.75) is 0 Å². The van der Waals surface area contributed by atoms with Gasteiger partial charge in [-0.2, -0.15) is 0 Å². The van der Waals surface area contributed by atoms with E-state index < -0.39 is 0 Å². The van der Waals surface area contributed by atoms with Gasteiger partial charge in [0.1, 0.15) is 0 Å². The fraction of sp³-hybridized carbons (Fsp3) is 0. The van der Waals surface area contributed by atoms with Crippen LogP contribution in [0.2, 0.25) is 0 Å². The smallest absolute Gasteiger partial charge is 0.00266 e. The molecule has 0 amide bonds. The predicted octanol–water partition coefficient (Wildman–Crippen LogP) is 3.79. The van der Waals surface area contributed by atoms with Crippen molar-refractivity contribution < 1.29 is 0 Å². The summed E-state index contributed by atoms with van der Waals surface area (Å²) in [6.07, 6.45) is 0. The molecule has 0 saturated carbocycles. The van der Waals surface area contributed by atoms with Crippen molar-refractivity contribution in [3.8, 4) is 0 Å². The van der Waals surface area contributed by atoms with Gasteiger partial charge in [0.15, 0.2) is 0 Å². The van der Waals surface area contributed by atoms with E-state index >= 15 is 0 Å². The molecule has 0 spiro atoms. The second-order valence-electron chi connectivity index (χ2n) is 3.42. The third kappa shape index (κ3) is 1.01. The molecule has 65 valence electrons. The first-order chi connectivity index (χ1) is 6.95. The molecular weight excluding hydrogens is 168 g/mol. The van der Waals surface area contributed by atoms with Crippen LogP contribution in [0.25, 0.3) is 21.5 Å². The summed E-state index contributed by atoms with van der Waals surface area (Å²) < 4.78 is 0. The van der Waals surface area contributed by atoms with E-state index in [2.05, 4.69) is 48.5 Å². The molecule has 0 aliphatic heterocycles. The maximum Gasteiger partial charge on any atom is -0.00266 e. The molecule has 0 nitrogen and oxygen atoms in total. The van der Waals surface area contributed by atoms with Crippen LogP contribution in [-0.4, -0.2) is 0 Å². The molecule has 0 N–H and O–H groups in total. The summed E-state index contributed by atoms with van der Waals surface area (Å²) in [4.78, 5) is 0. The molecule has 0 aliphatic rings. The topological polar surface area (TPSA) is 0 Å². The highest BCUT2D eigenvalue weighted by atomic mass is 14.0. The molecule has 3 rings (SSSR count). The van der Waals surface area contributed by atoms with Crippen LogP contribution in [0.15, 0.2) is 54.6 Å². The highest BCUT2D eigenvalue weighted by Crippen LogP contribution is 2.23. The Labute approximate surface area is 82.8 Å². The lowest BCUT2D eigenvalue weighted by Crippen LogP contribution is -1.76. The van der Waals surface area contributed by atoms with Crippen LogP contribution in [-0.2, 0) is 0 Å². The lowest BCUT2D eigenvalue weighted by atomic mass is 10.0. The maximum absolute atomic E-state index is 3.29. The average Bonchev–Trinajstić information content (AvgIpc) is 2.29. The zero-order valence-electron chi connectivity index (χ0n) is 7.70. The van der Waals surface area contributed by atoms with Gasteiger partial charge in [0.2, 0.25) is 0 Å². The summed E-state index contributed by atoms with van der Waals surface area (Å²) in [5, 5.41) is 5.03. The summed E-state index contributed by atoms with van der Waals surface area (Å²) >= 11 is 0. The van der Waals surface area contributed by atoms with Gasteiger partial charge in [0, 0.05) is 0 Å². The molecule has 3 aromatic rings. The standard InChI is InChI=1S/C14H9/c1-3-7-13-11(5-1)9-10-12-6-2-4-8-14(12)13/h1-7,9-10H. The molecule has 0 fully saturated rings. The Morgan fingerprint density at radius 3 is 2.50 bits per heavy atom. The molecule has 0 heterocycles. The largest absolute Gasteiger partial charge is 0.0616 e. The van der Waals surface area contributed by atoms with E-state index in [1.165, 1.54) is 21.5 Å². The normalized spacial score (nSPS) is 10.9. The Kier molecular flexibility index (Phi) is 1.54. The number of hydrogen-bond donors (Lipinski definition) is 0. The highest BCUT2D eigenvalue weighted by molar-refractivity contribution is 6.06. The second kappa shape index (κ2) is 2.85. The Hall–Kier alpha value is -1.82.